The normalized spacial score (nSPS) is 13.1. The van der Waals surface area contributed by atoms with Crippen molar-refractivity contribution in [2.24, 2.45) is 0 Å². The SMILES string of the molecule is CNc1nc(NCCC(O)COC)cc(C(F)(F)F)n1. The monoisotopic (exact) mass is 294 g/mol. The van der Waals surface area contributed by atoms with E-state index in [4.69, 9.17) is 4.74 Å². The number of hydrogen-bond donors (Lipinski definition) is 3. The number of ether oxygens (including phenoxy) is 1. The van der Waals surface area contributed by atoms with Crippen LogP contribution in [-0.4, -0.2) is 48.5 Å². The first-order valence-corrected chi connectivity index (χ1v) is 5.91. The Morgan fingerprint density at radius 1 is 1.40 bits per heavy atom. The van der Waals surface area contributed by atoms with Crippen molar-refractivity contribution in [1.82, 2.24) is 9.97 Å². The average molecular weight is 294 g/mol. The Bertz CT molecular complexity index is 429. The van der Waals surface area contributed by atoms with E-state index in [2.05, 4.69) is 20.6 Å². The smallest absolute Gasteiger partial charge is 0.391 e. The van der Waals surface area contributed by atoms with E-state index in [1.54, 1.807) is 0 Å². The number of aliphatic hydroxyl groups excluding tert-OH is 1. The molecule has 0 saturated carbocycles. The fourth-order valence-corrected chi connectivity index (χ4v) is 1.44. The molecule has 3 N–H and O–H groups in total. The van der Waals surface area contributed by atoms with Gasteiger partial charge in [0.2, 0.25) is 5.95 Å². The molecule has 0 amide bonds. The predicted molar refractivity (Wildman–Crippen MR) is 67.6 cm³/mol. The number of hydrogen-bond acceptors (Lipinski definition) is 6. The van der Waals surface area contributed by atoms with Crippen LogP contribution < -0.4 is 10.6 Å². The Balaban J connectivity index is 2.70. The first-order chi connectivity index (χ1) is 9.36. The molecule has 0 fully saturated rings. The van der Waals surface area contributed by atoms with Gasteiger partial charge < -0.3 is 20.5 Å². The summed E-state index contributed by atoms with van der Waals surface area (Å²) >= 11 is 0. The van der Waals surface area contributed by atoms with Crippen molar-refractivity contribution in [3.8, 4) is 0 Å². The number of methoxy groups -OCH3 is 1. The standard InChI is InChI=1S/C11H17F3N4O2/c1-15-10-17-8(11(12,13)14)5-9(18-10)16-4-3-7(19)6-20-2/h5,7,19H,3-4,6H2,1-2H3,(H2,15,16,17,18). The number of rotatable bonds is 7. The van der Waals surface area contributed by atoms with E-state index in [1.807, 2.05) is 0 Å². The molecule has 20 heavy (non-hydrogen) atoms. The maximum atomic E-state index is 12.6. The van der Waals surface area contributed by atoms with Gasteiger partial charge in [-0.25, -0.2) is 4.98 Å². The summed E-state index contributed by atoms with van der Waals surface area (Å²) in [5.41, 5.74) is -1.03. The number of alkyl halides is 3. The minimum absolute atomic E-state index is 0.0429. The van der Waals surface area contributed by atoms with Gasteiger partial charge in [0.15, 0.2) is 5.69 Å². The number of aliphatic hydroxyl groups is 1. The maximum absolute atomic E-state index is 12.6. The molecule has 0 saturated heterocycles. The van der Waals surface area contributed by atoms with Crippen LogP contribution in [0.1, 0.15) is 12.1 Å². The highest BCUT2D eigenvalue weighted by molar-refractivity contribution is 5.42. The van der Waals surface area contributed by atoms with Crippen molar-refractivity contribution in [2.75, 3.05) is 37.9 Å². The molecule has 1 heterocycles. The van der Waals surface area contributed by atoms with Gasteiger partial charge in [-0.2, -0.15) is 18.2 Å². The van der Waals surface area contributed by atoms with Crippen LogP contribution in [-0.2, 0) is 10.9 Å². The number of aromatic nitrogens is 2. The van der Waals surface area contributed by atoms with E-state index in [0.29, 0.717) is 6.42 Å². The molecule has 1 rings (SSSR count). The summed E-state index contributed by atoms with van der Waals surface area (Å²) in [7, 11) is 2.89. The van der Waals surface area contributed by atoms with Crippen LogP contribution in [0, 0.1) is 0 Å². The first-order valence-electron chi connectivity index (χ1n) is 5.91. The second-order valence-corrected chi connectivity index (χ2v) is 4.03. The van der Waals surface area contributed by atoms with Crippen LogP contribution in [0.15, 0.2) is 6.07 Å². The molecule has 0 aromatic carbocycles. The summed E-state index contributed by atoms with van der Waals surface area (Å²) in [6.07, 6.45) is -4.89. The molecule has 114 valence electrons. The molecule has 1 atom stereocenters. The highest BCUT2D eigenvalue weighted by atomic mass is 19.4. The summed E-state index contributed by atoms with van der Waals surface area (Å²) in [5, 5.41) is 14.6. The lowest BCUT2D eigenvalue weighted by Crippen LogP contribution is -2.19. The lowest BCUT2D eigenvalue weighted by Gasteiger charge is -2.13. The Kier molecular flexibility index (Phi) is 5.96. The molecule has 0 spiro atoms. The van der Waals surface area contributed by atoms with E-state index >= 15 is 0 Å². The summed E-state index contributed by atoms with van der Waals surface area (Å²) in [6, 6.07) is 0.823. The van der Waals surface area contributed by atoms with Crippen LogP contribution in [0.2, 0.25) is 0 Å². The van der Waals surface area contributed by atoms with E-state index in [9.17, 15) is 18.3 Å². The van der Waals surface area contributed by atoms with E-state index in [-0.39, 0.29) is 24.9 Å². The summed E-state index contributed by atoms with van der Waals surface area (Å²) in [6.45, 7) is 0.434. The van der Waals surface area contributed by atoms with Crippen molar-refractivity contribution in [3.63, 3.8) is 0 Å². The fourth-order valence-electron chi connectivity index (χ4n) is 1.44. The van der Waals surface area contributed by atoms with Gasteiger partial charge in [-0.3, -0.25) is 0 Å². The number of nitrogens with zero attached hydrogens (tertiary/aromatic N) is 2. The van der Waals surface area contributed by atoms with Crippen molar-refractivity contribution < 1.29 is 23.0 Å². The van der Waals surface area contributed by atoms with Crippen molar-refractivity contribution in [1.29, 1.82) is 0 Å². The fraction of sp³-hybridized carbons (Fsp3) is 0.636. The van der Waals surface area contributed by atoms with Crippen LogP contribution in [0.3, 0.4) is 0 Å². The Morgan fingerprint density at radius 2 is 2.10 bits per heavy atom. The van der Waals surface area contributed by atoms with Gasteiger partial charge in [-0.1, -0.05) is 0 Å². The molecule has 0 radical (unpaired) electrons. The van der Waals surface area contributed by atoms with Crippen LogP contribution >= 0.6 is 0 Å². The van der Waals surface area contributed by atoms with E-state index in [0.717, 1.165) is 6.07 Å². The highest BCUT2D eigenvalue weighted by Gasteiger charge is 2.33. The average Bonchev–Trinajstić information content (AvgIpc) is 2.37. The predicted octanol–water partition coefficient (Wildman–Crippen LogP) is 1.35. The van der Waals surface area contributed by atoms with E-state index < -0.39 is 18.0 Å². The van der Waals surface area contributed by atoms with Gasteiger partial charge in [0.05, 0.1) is 12.7 Å². The Hall–Kier alpha value is -1.61. The quantitative estimate of drug-likeness (QED) is 0.704. The number of halogens is 3. The molecule has 1 aromatic heterocycles. The highest BCUT2D eigenvalue weighted by Crippen LogP contribution is 2.29. The molecule has 1 aromatic rings. The molecule has 1 unspecified atom stereocenters. The second kappa shape index (κ2) is 7.25. The molecule has 9 heteroatoms. The molecular weight excluding hydrogens is 277 g/mol. The number of nitrogens with one attached hydrogen (secondary N) is 2. The third kappa shape index (κ3) is 5.17. The first kappa shape index (κ1) is 16.4. The Morgan fingerprint density at radius 3 is 2.65 bits per heavy atom. The van der Waals surface area contributed by atoms with Gasteiger partial charge in [-0.15, -0.1) is 0 Å². The van der Waals surface area contributed by atoms with E-state index in [1.165, 1.54) is 14.2 Å². The largest absolute Gasteiger partial charge is 0.433 e. The van der Waals surface area contributed by atoms with Gasteiger partial charge >= 0.3 is 6.18 Å². The zero-order valence-corrected chi connectivity index (χ0v) is 11.2. The summed E-state index contributed by atoms with van der Waals surface area (Å²) < 4.78 is 42.6. The lowest BCUT2D eigenvalue weighted by molar-refractivity contribution is -0.141. The maximum Gasteiger partial charge on any atom is 0.433 e. The van der Waals surface area contributed by atoms with Gasteiger partial charge in [0.25, 0.3) is 0 Å². The lowest BCUT2D eigenvalue weighted by atomic mass is 10.2. The zero-order chi connectivity index (χ0) is 15.2. The molecule has 6 nitrogen and oxygen atoms in total. The molecular formula is C11H17F3N4O2. The van der Waals surface area contributed by atoms with Crippen molar-refractivity contribution in [3.05, 3.63) is 11.8 Å². The van der Waals surface area contributed by atoms with Gasteiger partial charge in [0, 0.05) is 26.8 Å². The van der Waals surface area contributed by atoms with Gasteiger partial charge in [0.1, 0.15) is 5.82 Å². The third-order valence-electron chi connectivity index (χ3n) is 2.38. The van der Waals surface area contributed by atoms with Gasteiger partial charge in [-0.05, 0) is 6.42 Å². The second-order valence-electron chi connectivity index (χ2n) is 4.03. The van der Waals surface area contributed by atoms with Crippen molar-refractivity contribution >= 4 is 11.8 Å². The van der Waals surface area contributed by atoms with Crippen LogP contribution in [0.5, 0.6) is 0 Å². The van der Waals surface area contributed by atoms with Crippen molar-refractivity contribution in [2.45, 2.75) is 18.7 Å². The Labute approximate surface area is 114 Å². The zero-order valence-electron chi connectivity index (χ0n) is 11.2. The van der Waals surface area contributed by atoms with Crippen LogP contribution in [0.25, 0.3) is 0 Å². The molecule has 0 aliphatic carbocycles. The molecule has 0 aliphatic rings. The minimum atomic E-state index is -4.54. The number of anilines is 2. The topological polar surface area (TPSA) is 79.3 Å². The van der Waals surface area contributed by atoms with Crippen LogP contribution in [0.4, 0.5) is 24.9 Å². The molecule has 0 aliphatic heterocycles. The summed E-state index contributed by atoms with van der Waals surface area (Å²) in [5.74, 6) is -0.0824. The third-order valence-corrected chi connectivity index (χ3v) is 2.38. The minimum Gasteiger partial charge on any atom is -0.391 e. The molecule has 0 bridgehead atoms. The summed E-state index contributed by atoms with van der Waals surface area (Å²) in [4.78, 5) is 7.20.